The van der Waals surface area contributed by atoms with Crippen molar-refractivity contribution in [2.75, 3.05) is 33.9 Å². The van der Waals surface area contributed by atoms with Crippen molar-refractivity contribution in [1.29, 1.82) is 0 Å². The van der Waals surface area contributed by atoms with Gasteiger partial charge in [0.2, 0.25) is 11.8 Å². The van der Waals surface area contributed by atoms with Gasteiger partial charge in [0, 0.05) is 43.6 Å². The first kappa shape index (κ1) is 23.0. The van der Waals surface area contributed by atoms with Crippen LogP contribution >= 0.6 is 0 Å². The van der Waals surface area contributed by atoms with E-state index in [1.165, 1.54) is 0 Å². The third kappa shape index (κ3) is 6.12. The number of nitrogens with one attached hydrogen (secondary N) is 1. The van der Waals surface area contributed by atoms with Crippen LogP contribution in [0.3, 0.4) is 0 Å². The zero-order valence-electron chi connectivity index (χ0n) is 18.7. The number of benzene rings is 1. The Bertz CT molecular complexity index is 702. The SMILES string of the molecule is COc1ccc([C@@H]2CN(C(=O)CC(C)C)C[C@@H]2C(=O)NCCC(C)C)c(OC)c1. The van der Waals surface area contributed by atoms with E-state index in [2.05, 4.69) is 19.2 Å². The van der Waals surface area contributed by atoms with Crippen LogP contribution in [0.1, 0.15) is 52.0 Å². The monoisotopic (exact) mass is 404 g/mol. The maximum Gasteiger partial charge on any atom is 0.225 e. The Morgan fingerprint density at radius 2 is 1.83 bits per heavy atom. The number of likely N-dealkylation sites (tertiary alicyclic amines) is 1. The standard InChI is InChI=1S/C23H36N2O4/c1-15(2)9-10-24-23(27)20-14-25(22(26)11-16(3)4)13-19(20)18-8-7-17(28-5)12-21(18)29-6/h7-8,12,15-16,19-20H,9-11,13-14H2,1-6H3,(H,24,27)/t19-,20-/m0/s1. The van der Waals surface area contributed by atoms with Gasteiger partial charge in [-0.2, -0.15) is 0 Å². The van der Waals surface area contributed by atoms with E-state index < -0.39 is 0 Å². The number of methoxy groups -OCH3 is 2. The fourth-order valence-electron chi connectivity index (χ4n) is 3.81. The lowest BCUT2D eigenvalue weighted by atomic mass is 9.87. The molecule has 1 fully saturated rings. The summed E-state index contributed by atoms with van der Waals surface area (Å²) in [5.74, 6) is 1.92. The van der Waals surface area contributed by atoms with E-state index in [-0.39, 0.29) is 29.6 Å². The number of carbonyl (C=O) groups is 2. The van der Waals surface area contributed by atoms with Gasteiger partial charge in [-0.1, -0.05) is 33.8 Å². The number of hydrogen-bond donors (Lipinski definition) is 1. The van der Waals surface area contributed by atoms with Crippen LogP contribution in [0.4, 0.5) is 0 Å². The van der Waals surface area contributed by atoms with Crippen molar-refractivity contribution in [2.45, 2.75) is 46.5 Å². The number of carbonyl (C=O) groups excluding carboxylic acids is 2. The van der Waals surface area contributed by atoms with Crippen molar-refractivity contribution in [2.24, 2.45) is 17.8 Å². The average molecular weight is 405 g/mol. The Hall–Kier alpha value is -2.24. The van der Waals surface area contributed by atoms with E-state index >= 15 is 0 Å². The summed E-state index contributed by atoms with van der Waals surface area (Å²) in [5, 5.41) is 3.07. The Kier molecular flexibility index (Phi) is 8.35. The molecule has 0 unspecified atom stereocenters. The van der Waals surface area contributed by atoms with Gasteiger partial charge in [0.1, 0.15) is 11.5 Å². The first-order chi connectivity index (χ1) is 13.8. The maximum absolute atomic E-state index is 13.0. The van der Waals surface area contributed by atoms with Gasteiger partial charge in [-0.3, -0.25) is 9.59 Å². The van der Waals surface area contributed by atoms with E-state index in [1.807, 2.05) is 36.9 Å². The van der Waals surface area contributed by atoms with Gasteiger partial charge in [0.25, 0.3) is 0 Å². The zero-order valence-corrected chi connectivity index (χ0v) is 18.7. The van der Waals surface area contributed by atoms with Gasteiger partial charge in [0.15, 0.2) is 0 Å². The lowest BCUT2D eigenvalue weighted by Crippen LogP contribution is -2.36. The third-order valence-corrected chi connectivity index (χ3v) is 5.45. The molecule has 1 saturated heterocycles. The van der Waals surface area contributed by atoms with Crippen LogP contribution in [0, 0.1) is 17.8 Å². The summed E-state index contributed by atoms with van der Waals surface area (Å²) in [6.07, 6.45) is 1.43. The summed E-state index contributed by atoms with van der Waals surface area (Å²) in [6, 6.07) is 5.67. The summed E-state index contributed by atoms with van der Waals surface area (Å²) in [4.78, 5) is 27.5. The topological polar surface area (TPSA) is 67.9 Å². The molecule has 2 amide bonds. The summed E-state index contributed by atoms with van der Waals surface area (Å²) in [7, 11) is 3.23. The molecule has 0 radical (unpaired) electrons. The largest absolute Gasteiger partial charge is 0.497 e. The van der Waals surface area contributed by atoms with Gasteiger partial charge >= 0.3 is 0 Å². The molecule has 0 spiro atoms. The molecule has 1 aliphatic heterocycles. The lowest BCUT2D eigenvalue weighted by molar-refractivity contribution is -0.131. The Morgan fingerprint density at radius 1 is 1.10 bits per heavy atom. The zero-order chi connectivity index (χ0) is 21.6. The lowest BCUT2D eigenvalue weighted by Gasteiger charge is -2.21. The van der Waals surface area contributed by atoms with Gasteiger partial charge in [-0.25, -0.2) is 0 Å². The number of hydrogen-bond acceptors (Lipinski definition) is 4. The summed E-state index contributed by atoms with van der Waals surface area (Å²) >= 11 is 0. The summed E-state index contributed by atoms with van der Waals surface area (Å²) in [6.45, 7) is 9.97. The number of rotatable bonds is 9. The molecule has 29 heavy (non-hydrogen) atoms. The normalized spacial score (nSPS) is 19.0. The van der Waals surface area contributed by atoms with E-state index in [0.717, 1.165) is 12.0 Å². The molecule has 0 bridgehead atoms. The van der Waals surface area contributed by atoms with Crippen molar-refractivity contribution >= 4 is 11.8 Å². The quantitative estimate of drug-likeness (QED) is 0.684. The number of amides is 2. The molecule has 2 atom stereocenters. The van der Waals surface area contributed by atoms with Crippen molar-refractivity contribution in [3.8, 4) is 11.5 Å². The highest BCUT2D eigenvalue weighted by atomic mass is 16.5. The van der Waals surface area contributed by atoms with Gasteiger partial charge in [0.05, 0.1) is 20.1 Å². The summed E-state index contributed by atoms with van der Waals surface area (Å²) < 4.78 is 10.9. The van der Waals surface area contributed by atoms with Crippen molar-refractivity contribution in [3.63, 3.8) is 0 Å². The molecule has 0 aromatic heterocycles. The van der Waals surface area contributed by atoms with Crippen LogP contribution in [0.2, 0.25) is 0 Å². The smallest absolute Gasteiger partial charge is 0.225 e. The van der Waals surface area contributed by atoms with Crippen molar-refractivity contribution in [1.82, 2.24) is 10.2 Å². The second-order valence-corrected chi connectivity index (χ2v) is 8.69. The van der Waals surface area contributed by atoms with E-state index in [9.17, 15) is 9.59 Å². The molecule has 1 aromatic rings. The first-order valence-corrected chi connectivity index (χ1v) is 10.5. The maximum atomic E-state index is 13.0. The first-order valence-electron chi connectivity index (χ1n) is 10.5. The highest BCUT2D eigenvalue weighted by Crippen LogP contribution is 2.39. The van der Waals surface area contributed by atoms with Crippen LogP contribution in [-0.2, 0) is 9.59 Å². The van der Waals surface area contributed by atoms with Crippen molar-refractivity contribution < 1.29 is 19.1 Å². The molecular weight excluding hydrogens is 368 g/mol. The highest BCUT2D eigenvalue weighted by molar-refractivity contribution is 5.83. The van der Waals surface area contributed by atoms with Gasteiger partial charge < -0.3 is 19.7 Å². The van der Waals surface area contributed by atoms with E-state index in [4.69, 9.17) is 9.47 Å². The molecule has 2 rings (SSSR count). The van der Waals surface area contributed by atoms with E-state index in [1.54, 1.807) is 14.2 Å². The van der Waals surface area contributed by atoms with Crippen LogP contribution in [0.15, 0.2) is 18.2 Å². The predicted octanol–water partition coefficient (Wildman–Crippen LogP) is 3.45. The average Bonchev–Trinajstić information content (AvgIpc) is 3.12. The summed E-state index contributed by atoms with van der Waals surface area (Å²) in [5.41, 5.74) is 0.942. The third-order valence-electron chi connectivity index (χ3n) is 5.45. The Labute approximate surface area is 174 Å². The molecule has 1 N–H and O–H groups in total. The van der Waals surface area contributed by atoms with Gasteiger partial charge in [-0.15, -0.1) is 0 Å². The van der Waals surface area contributed by atoms with Crippen molar-refractivity contribution in [3.05, 3.63) is 23.8 Å². The number of ether oxygens (including phenoxy) is 2. The Morgan fingerprint density at radius 3 is 2.41 bits per heavy atom. The fraction of sp³-hybridized carbons (Fsp3) is 0.652. The second kappa shape index (κ2) is 10.5. The molecule has 1 heterocycles. The minimum absolute atomic E-state index is 0.00775. The molecular formula is C23H36N2O4. The predicted molar refractivity (Wildman–Crippen MR) is 114 cm³/mol. The second-order valence-electron chi connectivity index (χ2n) is 8.69. The van der Waals surface area contributed by atoms with Crippen LogP contribution in [-0.4, -0.2) is 50.6 Å². The van der Waals surface area contributed by atoms with Crippen LogP contribution in [0.25, 0.3) is 0 Å². The van der Waals surface area contributed by atoms with Crippen LogP contribution in [0.5, 0.6) is 11.5 Å². The number of nitrogens with zero attached hydrogens (tertiary/aromatic N) is 1. The minimum atomic E-state index is -0.291. The fourth-order valence-corrected chi connectivity index (χ4v) is 3.81. The highest BCUT2D eigenvalue weighted by Gasteiger charge is 2.41. The van der Waals surface area contributed by atoms with E-state index in [0.29, 0.717) is 43.5 Å². The van der Waals surface area contributed by atoms with Crippen LogP contribution < -0.4 is 14.8 Å². The molecule has 6 nitrogen and oxygen atoms in total. The van der Waals surface area contributed by atoms with Gasteiger partial charge in [-0.05, 0) is 24.3 Å². The Balaban J connectivity index is 2.27. The molecule has 162 valence electrons. The molecule has 1 aliphatic rings. The molecule has 0 saturated carbocycles. The minimum Gasteiger partial charge on any atom is -0.497 e. The molecule has 1 aromatic carbocycles. The molecule has 0 aliphatic carbocycles. The molecule has 6 heteroatoms.